The lowest BCUT2D eigenvalue weighted by Gasteiger charge is -1.96. The third-order valence-electron chi connectivity index (χ3n) is 2.42. The lowest BCUT2D eigenvalue weighted by molar-refractivity contribution is 1.46. The van der Waals surface area contributed by atoms with Crippen LogP contribution in [0.5, 0.6) is 0 Å². The van der Waals surface area contributed by atoms with Crippen molar-refractivity contribution in [2.45, 2.75) is 6.92 Å². The third-order valence-corrected chi connectivity index (χ3v) is 2.67. The van der Waals surface area contributed by atoms with Crippen LogP contribution in [0.2, 0.25) is 5.02 Å². The highest BCUT2D eigenvalue weighted by Gasteiger charge is 1.89. The molecule has 0 saturated carbocycles. The highest BCUT2D eigenvalue weighted by molar-refractivity contribution is 6.30. The highest BCUT2D eigenvalue weighted by Crippen LogP contribution is 2.13. The van der Waals surface area contributed by atoms with Gasteiger partial charge in [-0.05, 0) is 30.2 Å². The fourth-order valence-corrected chi connectivity index (χ4v) is 1.57. The van der Waals surface area contributed by atoms with E-state index in [0.717, 1.165) is 10.6 Å². The summed E-state index contributed by atoms with van der Waals surface area (Å²) >= 11 is 5.82. The molecular formula is C15H13Cl. The third kappa shape index (κ3) is 2.98. The molecule has 0 saturated heterocycles. The fraction of sp³-hybridized carbons (Fsp3) is 0.0667. The van der Waals surface area contributed by atoms with Crippen molar-refractivity contribution in [1.29, 1.82) is 0 Å². The number of aryl methyl sites for hydroxylation is 1. The molecule has 2 rings (SSSR count). The van der Waals surface area contributed by atoms with Gasteiger partial charge >= 0.3 is 0 Å². The second-order valence-electron chi connectivity index (χ2n) is 3.80. The van der Waals surface area contributed by atoms with Gasteiger partial charge in [0.15, 0.2) is 0 Å². The van der Waals surface area contributed by atoms with Gasteiger partial charge in [-0.1, -0.05) is 65.7 Å². The summed E-state index contributed by atoms with van der Waals surface area (Å²) in [5.41, 5.74) is 3.65. The molecule has 16 heavy (non-hydrogen) atoms. The predicted octanol–water partition coefficient (Wildman–Crippen LogP) is 4.82. The van der Waals surface area contributed by atoms with Crippen molar-refractivity contribution in [3.63, 3.8) is 0 Å². The Morgan fingerprint density at radius 2 is 1.19 bits per heavy atom. The van der Waals surface area contributed by atoms with E-state index >= 15 is 0 Å². The maximum Gasteiger partial charge on any atom is 0.0406 e. The maximum atomic E-state index is 5.82. The zero-order valence-electron chi connectivity index (χ0n) is 9.15. The van der Waals surface area contributed by atoms with Gasteiger partial charge in [0.2, 0.25) is 0 Å². The number of rotatable bonds is 2. The first-order valence-corrected chi connectivity index (χ1v) is 5.62. The molecule has 1 heteroatoms. The number of benzene rings is 2. The van der Waals surface area contributed by atoms with Crippen LogP contribution in [0, 0.1) is 6.92 Å². The minimum absolute atomic E-state index is 0.771. The maximum absolute atomic E-state index is 5.82. The van der Waals surface area contributed by atoms with E-state index in [2.05, 4.69) is 43.3 Å². The summed E-state index contributed by atoms with van der Waals surface area (Å²) in [4.78, 5) is 0. The molecule has 2 aromatic carbocycles. The largest absolute Gasteiger partial charge is 0.0843 e. The summed E-state index contributed by atoms with van der Waals surface area (Å²) in [6.45, 7) is 2.09. The Balaban J connectivity index is 2.15. The summed E-state index contributed by atoms with van der Waals surface area (Å²) in [5.74, 6) is 0. The molecule has 0 spiro atoms. The molecule has 0 fully saturated rings. The summed E-state index contributed by atoms with van der Waals surface area (Å²) in [7, 11) is 0. The van der Waals surface area contributed by atoms with Crippen molar-refractivity contribution in [3.8, 4) is 0 Å². The van der Waals surface area contributed by atoms with E-state index in [0.29, 0.717) is 0 Å². The van der Waals surface area contributed by atoms with Gasteiger partial charge in [-0.15, -0.1) is 0 Å². The Kier molecular flexibility index (Phi) is 3.43. The minimum Gasteiger partial charge on any atom is -0.0843 e. The zero-order chi connectivity index (χ0) is 11.4. The van der Waals surface area contributed by atoms with Crippen LogP contribution in [-0.4, -0.2) is 0 Å². The van der Waals surface area contributed by atoms with Crippen molar-refractivity contribution < 1.29 is 0 Å². The lowest BCUT2D eigenvalue weighted by Crippen LogP contribution is -1.74. The van der Waals surface area contributed by atoms with Crippen LogP contribution in [0.1, 0.15) is 16.7 Å². The highest BCUT2D eigenvalue weighted by atomic mass is 35.5. The first kappa shape index (κ1) is 11.0. The number of halogens is 1. The predicted molar refractivity (Wildman–Crippen MR) is 71.6 cm³/mol. The average molecular weight is 229 g/mol. The van der Waals surface area contributed by atoms with E-state index in [4.69, 9.17) is 11.6 Å². The van der Waals surface area contributed by atoms with Crippen molar-refractivity contribution >= 4 is 23.8 Å². The summed E-state index contributed by atoms with van der Waals surface area (Å²) in [6.07, 6.45) is 4.18. The van der Waals surface area contributed by atoms with Crippen LogP contribution in [0.4, 0.5) is 0 Å². The van der Waals surface area contributed by atoms with Crippen molar-refractivity contribution in [2.24, 2.45) is 0 Å². The second-order valence-corrected chi connectivity index (χ2v) is 4.23. The van der Waals surface area contributed by atoms with Crippen molar-refractivity contribution in [3.05, 3.63) is 70.2 Å². The van der Waals surface area contributed by atoms with Gasteiger partial charge in [0.05, 0.1) is 0 Å². The quantitative estimate of drug-likeness (QED) is 0.647. The average Bonchev–Trinajstić information content (AvgIpc) is 2.30. The van der Waals surface area contributed by atoms with Crippen LogP contribution in [0.15, 0.2) is 48.5 Å². The molecule has 0 amide bonds. The monoisotopic (exact) mass is 228 g/mol. The minimum atomic E-state index is 0.771. The SMILES string of the molecule is Cc1ccc(/C=C\c2ccc(Cl)cc2)cc1. The molecule has 0 aromatic heterocycles. The van der Waals surface area contributed by atoms with Crippen LogP contribution in [0.3, 0.4) is 0 Å². The van der Waals surface area contributed by atoms with Gasteiger partial charge in [-0.3, -0.25) is 0 Å². The molecule has 0 aliphatic rings. The molecule has 0 N–H and O–H groups in total. The Morgan fingerprint density at radius 3 is 1.69 bits per heavy atom. The first-order chi connectivity index (χ1) is 7.74. The molecule has 0 heterocycles. The van der Waals surface area contributed by atoms with E-state index in [1.807, 2.05) is 24.3 Å². The number of hydrogen-bond acceptors (Lipinski definition) is 0. The standard InChI is InChI=1S/C15H13Cl/c1-12-2-4-13(5-3-12)6-7-14-8-10-15(16)11-9-14/h2-11H,1H3/b7-6-. The van der Waals surface area contributed by atoms with E-state index in [1.54, 1.807) is 0 Å². The Labute approximate surface area is 101 Å². The van der Waals surface area contributed by atoms with Crippen LogP contribution >= 0.6 is 11.6 Å². The lowest BCUT2D eigenvalue weighted by atomic mass is 10.1. The Morgan fingerprint density at radius 1 is 0.750 bits per heavy atom. The van der Waals surface area contributed by atoms with E-state index in [-0.39, 0.29) is 0 Å². The van der Waals surface area contributed by atoms with Crippen LogP contribution in [0.25, 0.3) is 12.2 Å². The molecule has 0 radical (unpaired) electrons. The van der Waals surface area contributed by atoms with Gasteiger partial charge in [-0.25, -0.2) is 0 Å². The zero-order valence-corrected chi connectivity index (χ0v) is 9.91. The molecule has 0 aliphatic heterocycles. The van der Waals surface area contributed by atoms with Crippen LogP contribution in [-0.2, 0) is 0 Å². The summed E-state index contributed by atoms with van der Waals surface area (Å²) < 4.78 is 0. The molecule has 0 atom stereocenters. The Hall–Kier alpha value is -1.53. The molecule has 0 bridgehead atoms. The molecule has 0 nitrogen and oxygen atoms in total. The molecule has 0 unspecified atom stereocenters. The van der Waals surface area contributed by atoms with E-state index < -0.39 is 0 Å². The van der Waals surface area contributed by atoms with E-state index in [1.165, 1.54) is 11.1 Å². The topological polar surface area (TPSA) is 0 Å². The molecule has 0 aliphatic carbocycles. The van der Waals surface area contributed by atoms with Gasteiger partial charge in [0, 0.05) is 5.02 Å². The molecule has 2 aromatic rings. The molecular weight excluding hydrogens is 216 g/mol. The van der Waals surface area contributed by atoms with Gasteiger partial charge in [0.1, 0.15) is 0 Å². The van der Waals surface area contributed by atoms with E-state index in [9.17, 15) is 0 Å². The smallest absolute Gasteiger partial charge is 0.0406 e. The van der Waals surface area contributed by atoms with Gasteiger partial charge in [0.25, 0.3) is 0 Å². The second kappa shape index (κ2) is 5.00. The Bertz CT molecular complexity index is 430. The van der Waals surface area contributed by atoms with Gasteiger partial charge in [-0.2, -0.15) is 0 Å². The molecule has 80 valence electrons. The van der Waals surface area contributed by atoms with Crippen molar-refractivity contribution in [2.75, 3.05) is 0 Å². The fourth-order valence-electron chi connectivity index (χ4n) is 1.44. The number of hydrogen-bond donors (Lipinski definition) is 0. The van der Waals surface area contributed by atoms with Gasteiger partial charge < -0.3 is 0 Å². The van der Waals surface area contributed by atoms with Crippen molar-refractivity contribution in [1.82, 2.24) is 0 Å². The normalized spacial score (nSPS) is 10.9. The first-order valence-electron chi connectivity index (χ1n) is 5.24. The van der Waals surface area contributed by atoms with Crippen LogP contribution < -0.4 is 0 Å². The summed E-state index contributed by atoms with van der Waals surface area (Å²) in [6, 6.07) is 16.3. The summed E-state index contributed by atoms with van der Waals surface area (Å²) in [5, 5.41) is 0.771.